The first-order valence-corrected chi connectivity index (χ1v) is 7.11. The van der Waals surface area contributed by atoms with Crippen LogP contribution in [0.5, 0.6) is 0 Å². The summed E-state index contributed by atoms with van der Waals surface area (Å²) in [6.07, 6.45) is 1.32. The molecule has 0 bridgehead atoms. The molecule has 6 heteroatoms. The van der Waals surface area contributed by atoms with Gasteiger partial charge in [0.2, 0.25) is 0 Å². The molecule has 21 heavy (non-hydrogen) atoms. The summed E-state index contributed by atoms with van der Waals surface area (Å²) >= 11 is 11.2. The molecule has 2 rings (SSSR count). The van der Waals surface area contributed by atoms with Gasteiger partial charge in [0.15, 0.2) is 5.76 Å². The summed E-state index contributed by atoms with van der Waals surface area (Å²) < 4.78 is 10.3. The number of hydrogen-bond acceptors (Lipinski definition) is 4. The average Bonchev–Trinajstić information content (AvgIpc) is 2.94. The monoisotopic (exact) mass is 323 g/mol. The van der Waals surface area contributed by atoms with Crippen LogP contribution >= 0.6 is 23.8 Å². The van der Waals surface area contributed by atoms with Gasteiger partial charge < -0.3 is 14.5 Å². The zero-order valence-electron chi connectivity index (χ0n) is 11.6. The summed E-state index contributed by atoms with van der Waals surface area (Å²) in [5.41, 5.74) is 0.925. The first kappa shape index (κ1) is 15.5. The Hall–Kier alpha value is -1.85. The lowest BCUT2D eigenvalue weighted by atomic mass is 10.2. The van der Waals surface area contributed by atoms with Crippen LogP contribution < -0.4 is 5.32 Å². The van der Waals surface area contributed by atoms with Crippen LogP contribution in [0.3, 0.4) is 0 Å². The van der Waals surface area contributed by atoms with Crippen molar-refractivity contribution in [2.75, 3.05) is 5.32 Å². The number of furan rings is 1. The van der Waals surface area contributed by atoms with Crippen molar-refractivity contribution < 1.29 is 13.9 Å². The quantitative estimate of drug-likeness (QED) is 0.672. The minimum Gasteiger partial charge on any atom is -0.462 e. The van der Waals surface area contributed by atoms with E-state index in [1.807, 2.05) is 0 Å². The molecule has 1 N–H and O–H groups in total. The van der Waals surface area contributed by atoms with E-state index in [0.717, 1.165) is 0 Å². The standard InChI is InChI=1S/C15H14ClNO3S/c1-9(2)20-15(18)11-8-10(5-6-12(11)16)17-14(21)13-4-3-7-19-13/h3-9H,1-2H3,(H,17,21). The zero-order chi connectivity index (χ0) is 15.4. The highest BCUT2D eigenvalue weighted by molar-refractivity contribution is 7.81. The Labute approximate surface area is 133 Å². The molecule has 0 atom stereocenters. The molecular weight excluding hydrogens is 310 g/mol. The number of esters is 1. The number of thiocarbonyl (C=S) groups is 1. The molecule has 0 fully saturated rings. The van der Waals surface area contributed by atoms with Crippen molar-refractivity contribution in [3.05, 3.63) is 52.9 Å². The first-order valence-electron chi connectivity index (χ1n) is 6.32. The van der Waals surface area contributed by atoms with E-state index < -0.39 is 5.97 Å². The minimum atomic E-state index is -0.470. The molecule has 0 unspecified atom stereocenters. The van der Waals surface area contributed by atoms with Crippen molar-refractivity contribution in [1.29, 1.82) is 0 Å². The lowest BCUT2D eigenvalue weighted by Gasteiger charge is -2.11. The van der Waals surface area contributed by atoms with Gasteiger partial charge in [-0.25, -0.2) is 4.79 Å². The van der Waals surface area contributed by atoms with Crippen molar-refractivity contribution >= 4 is 40.5 Å². The highest BCUT2D eigenvalue weighted by atomic mass is 35.5. The minimum absolute atomic E-state index is 0.214. The fraction of sp³-hybridized carbons (Fsp3) is 0.200. The van der Waals surface area contributed by atoms with Crippen LogP contribution in [0.15, 0.2) is 41.0 Å². The van der Waals surface area contributed by atoms with Gasteiger partial charge in [-0.1, -0.05) is 23.8 Å². The van der Waals surface area contributed by atoms with Gasteiger partial charge in [0.25, 0.3) is 0 Å². The topological polar surface area (TPSA) is 51.5 Å². The van der Waals surface area contributed by atoms with Gasteiger partial charge in [0.05, 0.1) is 23.0 Å². The van der Waals surface area contributed by atoms with Crippen molar-refractivity contribution in [3.8, 4) is 0 Å². The number of benzene rings is 1. The maximum atomic E-state index is 12.0. The molecule has 4 nitrogen and oxygen atoms in total. The first-order chi connectivity index (χ1) is 9.97. The molecule has 0 spiro atoms. The van der Waals surface area contributed by atoms with Gasteiger partial charge >= 0.3 is 5.97 Å². The number of anilines is 1. The molecule has 0 saturated heterocycles. The van der Waals surface area contributed by atoms with Crippen LogP contribution in [-0.4, -0.2) is 17.1 Å². The molecule has 0 saturated carbocycles. The summed E-state index contributed by atoms with van der Waals surface area (Å²) in [6, 6.07) is 8.44. The van der Waals surface area contributed by atoms with Crippen LogP contribution in [0.4, 0.5) is 5.69 Å². The number of hydrogen-bond donors (Lipinski definition) is 1. The summed E-state index contributed by atoms with van der Waals surface area (Å²) in [5.74, 6) is 0.0776. The second kappa shape index (κ2) is 6.74. The summed E-state index contributed by atoms with van der Waals surface area (Å²) in [5, 5.41) is 3.32. The van der Waals surface area contributed by atoms with Gasteiger partial charge in [0, 0.05) is 5.69 Å². The average molecular weight is 324 g/mol. The number of carbonyl (C=O) groups excluding carboxylic acids is 1. The predicted molar refractivity (Wildman–Crippen MR) is 86.0 cm³/mol. The maximum absolute atomic E-state index is 12.0. The maximum Gasteiger partial charge on any atom is 0.339 e. The third-order valence-corrected chi connectivity index (χ3v) is 3.16. The van der Waals surface area contributed by atoms with Gasteiger partial charge in [-0.05, 0) is 44.2 Å². The SMILES string of the molecule is CC(C)OC(=O)c1cc(NC(=S)c2ccco2)ccc1Cl. The number of rotatable bonds is 4. The van der Waals surface area contributed by atoms with Gasteiger partial charge in [-0.15, -0.1) is 0 Å². The van der Waals surface area contributed by atoms with Gasteiger partial charge in [-0.3, -0.25) is 0 Å². The van der Waals surface area contributed by atoms with Crippen LogP contribution in [-0.2, 0) is 4.74 Å². The second-order valence-electron chi connectivity index (χ2n) is 4.58. The number of nitrogens with one attached hydrogen (secondary N) is 1. The third kappa shape index (κ3) is 4.06. The lowest BCUT2D eigenvalue weighted by molar-refractivity contribution is 0.0378. The highest BCUT2D eigenvalue weighted by Crippen LogP contribution is 2.22. The van der Waals surface area contributed by atoms with E-state index >= 15 is 0 Å². The molecule has 1 aromatic carbocycles. The summed E-state index contributed by atoms with van der Waals surface area (Å²) in [4.78, 5) is 12.4. The molecule has 1 heterocycles. The van der Waals surface area contributed by atoms with E-state index in [9.17, 15) is 4.79 Å². The molecule has 0 aliphatic heterocycles. The Morgan fingerprint density at radius 2 is 2.14 bits per heavy atom. The normalized spacial score (nSPS) is 10.5. The van der Waals surface area contributed by atoms with Crippen LogP contribution in [0.2, 0.25) is 5.02 Å². The van der Waals surface area contributed by atoms with Crippen molar-refractivity contribution in [2.45, 2.75) is 20.0 Å². The van der Waals surface area contributed by atoms with E-state index in [4.69, 9.17) is 33.0 Å². The Bertz CT molecular complexity index is 653. The van der Waals surface area contributed by atoms with Crippen LogP contribution in [0, 0.1) is 0 Å². The van der Waals surface area contributed by atoms with E-state index in [-0.39, 0.29) is 11.7 Å². The molecular formula is C15H14ClNO3S. The highest BCUT2D eigenvalue weighted by Gasteiger charge is 2.15. The Kier molecular flexibility index (Phi) is 4.98. The smallest absolute Gasteiger partial charge is 0.339 e. The fourth-order valence-corrected chi connectivity index (χ4v) is 2.07. The summed E-state index contributed by atoms with van der Waals surface area (Å²) in [6.45, 7) is 3.56. The van der Waals surface area contributed by atoms with Gasteiger partial charge in [0.1, 0.15) is 4.99 Å². The fourth-order valence-electron chi connectivity index (χ4n) is 1.64. The predicted octanol–water partition coefficient (Wildman–Crippen LogP) is 4.29. The van der Waals surface area contributed by atoms with E-state index in [1.54, 1.807) is 44.2 Å². The van der Waals surface area contributed by atoms with Crippen molar-refractivity contribution in [3.63, 3.8) is 0 Å². The number of carbonyl (C=O) groups is 1. The second-order valence-corrected chi connectivity index (χ2v) is 5.40. The molecule has 0 aliphatic rings. The Morgan fingerprint density at radius 3 is 2.76 bits per heavy atom. The largest absolute Gasteiger partial charge is 0.462 e. The summed E-state index contributed by atoms with van der Waals surface area (Å²) in [7, 11) is 0. The number of halogens is 1. The van der Waals surface area contributed by atoms with Crippen molar-refractivity contribution in [1.82, 2.24) is 0 Å². The number of ether oxygens (including phenoxy) is 1. The van der Waals surface area contributed by atoms with E-state index in [2.05, 4.69) is 5.32 Å². The molecule has 110 valence electrons. The molecule has 2 aromatic rings. The van der Waals surface area contributed by atoms with Gasteiger partial charge in [-0.2, -0.15) is 0 Å². The third-order valence-electron chi connectivity index (χ3n) is 2.53. The molecule has 0 radical (unpaired) electrons. The molecule has 0 aliphatic carbocycles. The lowest BCUT2D eigenvalue weighted by Crippen LogP contribution is -2.14. The zero-order valence-corrected chi connectivity index (χ0v) is 13.1. The Morgan fingerprint density at radius 1 is 1.38 bits per heavy atom. The van der Waals surface area contributed by atoms with E-state index in [1.165, 1.54) is 6.26 Å². The van der Waals surface area contributed by atoms with E-state index in [0.29, 0.717) is 21.5 Å². The molecule has 0 amide bonds. The Balaban J connectivity index is 2.18. The van der Waals surface area contributed by atoms with Crippen LogP contribution in [0.1, 0.15) is 30.0 Å². The van der Waals surface area contributed by atoms with Crippen LogP contribution in [0.25, 0.3) is 0 Å². The van der Waals surface area contributed by atoms with Crippen molar-refractivity contribution in [2.24, 2.45) is 0 Å². The molecule has 1 aromatic heterocycles.